The maximum atomic E-state index is 13.6. The van der Waals surface area contributed by atoms with E-state index >= 15 is 0 Å². The summed E-state index contributed by atoms with van der Waals surface area (Å²) in [5.41, 5.74) is 2.31. The van der Waals surface area contributed by atoms with E-state index < -0.39 is 5.60 Å². The van der Waals surface area contributed by atoms with Crippen molar-refractivity contribution < 1.29 is 23.9 Å². The van der Waals surface area contributed by atoms with Gasteiger partial charge in [-0.3, -0.25) is 9.59 Å². The van der Waals surface area contributed by atoms with E-state index in [0.717, 1.165) is 24.2 Å². The number of Topliss-reactive ketones (excluding diaryl/α,β-unsaturated/α-hetero) is 1. The average Bonchev–Trinajstić information content (AvgIpc) is 3.44. The number of ether oxygens (including phenoxy) is 2. The summed E-state index contributed by atoms with van der Waals surface area (Å²) in [6.45, 7) is 3.45. The lowest BCUT2D eigenvalue weighted by atomic mass is 9.82. The minimum atomic E-state index is -0.606. The minimum Gasteiger partial charge on any atom is -0.490 e. The number of likely N-dealkylation sites (tertiary alicyclic amines) is 1. The molecule has 1 N–H and O–H groups in total. The van der Waals surface area contributed by atoms with Crippen molar-refractivity contribution in [3.8, 4) is 17.1 Å². The van der Waals surface area contributed by atoms with Gasteiger partial charge in [0, 0.05) is 55.3 Å². The van der Waals surface area contributed by atoms with Crippen LogP contribution in [0.25, 0.3) is 11.4 Å². The largest absolute Gasteiger partial charge is 0.490 e. The highest BCUT2D eigenvalue weighted by Gasteiger charge is 2.45. The van der Waals surface area contributed by atoms with Crippen molar-refractivity contribution in [3.63, 3.8) is 0 Å². The van der Waals surface area contributed by atoms with Gasteiger partial charge in [-0.25, -0.2) is 5.06 Å². The fraction of sp³-hybridized carbons (Fsp3) is 0.444. The summed E-state index contributed by atoms with van der Waals surface area (Å²) in [6, 6.07) is 5.79. The number of aromatic nitrogens is 4. The summed E-state index contributed by atoms with van der Waals surface area (Å²) >= 11 is 0. The Bertz CT molecular complexity index is 1400. The number of allylic oxidation sites excluding steroid dienone is 2. The van der Waals surface area contributed by atoms with Gasteiger partial charge in [-0.1, -0.05) is 0 Å². The Kier molecular flexibility index (Phi) is 5.27. The van der Waals surface area contributed by atoms with E-state index in [1.807, 2.05) is 35.2 Å². The fourth-order valence-corrected chi connectivity index (χ4v) is 5.64. The number of hydroxylamine groups is 2. The van der Waals surface area contributed by atoms with E-state index in [1.54, 1.807) is 12.1 Å². The van der Waals surface area contributed by atoms with Gasteiger partial charge in [0.15, 0.2) is 11.5 Å². The van der Waals surface area contributed by atoms with Crippen molar-refractivity contribution >= 4 is 11.7 Å². The molecule has 7 rings (SSSR count). The van der Waals surface area contributed by atoms with E-state index in [4.69, 9.17) is 14.3 Å². The number of tetrazole rings is 1. The van der Waals surface area contributed by atoms with Crippen LogP contribution in [0.3, 0.4) is 0 Å². The van der Waals surface area contributed by atoms with E-state index in [1.165, 1.54) is 0 Å². The predicted molar refractivity (Wildman–Crippen MR) is 133 cm³/mol. The molecule has 0 bridgehead atoms. The van der Waals surface area contributed by atoms with Gasteiger partial charge in [-0.15, -0.1) is 10.2 Å². The van der Waals surface area contributed by atoms with Gasteiger partial charge < -0.3 is 19.2 Å². The van der Waals surface area contributed by atoms with E-state index in [-0.39, 0.29) is 18.1 Å². The number of ketones is 1. The molecule has 4 heterocycles. The van der Waals surface area contributed by atoms with Crippen molar-refractivity contribution in [1.82, 2.24) is 30.6 Å². The SMILES string of the molecule is CCOC1=C2ON(C3CC3)C=C2CC(C(=O)N2CCC3(CC2)CC(=O)c2cc(-c4nn[nH]n4)ccc2O3)=C1. The van der Waals surface area contributed by atoms with Crippen molar-refractivity contribution in [2.75, 3.05) is 19.7 Å². The van der Waals surface area contributed by atoms with Gasteiger partial charge in [0.2, 0.25) is 17.5 Å². The van der Waals surface area contributed by atoms with Crippen molar-refractivity contribution in [1.29, 1.82) is 0 Å². The number of H-pyrrole nitrogens is 1. The Hall–Kier alpha value is -4.15. The number of benzene rings is 1. The first-order chi connectivity index (χ1) is 18.5. The number of piperidine rings is 1. The molecular formula is C27H28N6O5. The van der Waals surface area contributed by atoms with Crippen molar-refractivity contribution in [3.05, 3.63) is 58.7 Å². The van der Waals surface area contributed by atoms with E-state index in [2.05, 4.69) is 20.6 Å². The number of aromatic amines is 1. The highest BCUT2D eigenvalue weighted by atomic mass is 16.7. The Morgan fingerprint density at radius 1 is 1.26 bits per heavy atom. The Morgan fingerprint density at radius 2 is 2.11 bits per heavy atom. The highest BCUT2D eigenvalue weighted by Crippen LogP contribution is 2.43. The molecule has 2 fully saturated rings. The third-order valence-corrected chi connectivity index (χ3v) is 7.82. The normalized spacial score (nSPS) is 21.9. The van der Waals surface area contributed by atoms with Gasteiger partial charge in [-0.05, 0) is 49.3 Å². The molecule has 1 saturated heterocycles. The Balaban J connectivity index is 1.05. The monoisotopic (exact) mass is 516 g/mol. The van der Waals surface area contributed by atoms with Crippen LogP contribution in [0.1, 0.15) is 55.8 Å². The number of nitrogens with one attached hydrogen (secondary N) is 1. The molecule has 0 radical (unpaired) electrons. The molecule has 3 aliphatic heterocycles. The molecular weight excluding hydrogens is 488 g/mol. The lowest BCUT2D eigenvalue weighted by molar-refractivity contribution is -0.130. The zero-order valence-corrected chi connectivity index (χ0v) is 21.1. The van der Waals surface area contributed by atoms with Crippen LogP contribution in [0.15, 0.2) is 53.1 Å². The number of amides is 1. The molecule has 0 atom stereocenters. The topological polar surface area (TPSA) is 123 Å². The molecule has 1 saturated carbocycles. The number of carbonyl (C=O) groups is 2. The van der Waals surface area contributed by atoms with Gasteiger partial charge >= 0.3 is 0 Å². The quantitative estimate of drug-likeness (QED) is 0.639. The van der Waals surface area contributed by atoms with Crippen molar-refractivity contribution in [2.45, 2.75) is 57.1 Å². The molecule has 5 aliphatic rings. The Labute approximate surface area is 219 Å². The number of carbonyl (C=O) groups excluding carboxylic acids is 2. The zero-order chi connectivity index (χ0) is 25.9. The standard InChI is InChI=1S/C27H28N6O5/c1-2-36-23-13-17(11-18-15-33(19-4-5-19)38-24(18)23)26(35)32-9-7-27(8-10-32)14-21(34)20-12-16(3-6-22(20)37-27)25-28-30-31-29-25/h3,6,12-13,15,19H,2,4-5,7-11,14H2,1H3,(H,28,29,30,31). The molecule has 196 valence electrons. The summed E-state index contributed by atoms with van der Waals surface area (Å²) in [4.78, 5) is 34.6. The average molecular weight is 517 g/mol. The third-order valence-electron chi connectivity index (χ3n) is 7.82. The maximum Gasteiger partial charge on any atom is 0.250 e. The molecule has 1 aromatic carbocycles. The first-order valence-corrected chi connectivity index (χ1v) is 13.2. The molecule has 1 spiro atoms. The molecule has 11 heteroatoms. The van der Waals surface area contributed by atoms with Crippen LogP contribution in [0.2, 0.25) is 0 Å². The number of fused-ring (bicyclic) bond motifs is 2. The highest BCUT2D eigenvalue weighted by molar-refractivity contribution is 6.01. The molecule has 2 aliphatic carbocycles. The second-order valence-electron chi connectivity index (χ2n) is 10.4. The fourth-order valence-electron chi connectivity index (χ4n) is 5.64. The Morgan fingerprint density at radius 3 is 2.84 bits per heavy atom. The molecule has 38 heavy (non-hydrogen) atoms. The predicted octanol–water partition coefficient (Wildman–Crippen LogP) is 3.06. The molecule has 2 aromatic rings. The minimum absolute atomic E-state index is 0.00540. The number of hydrogen-bond acceptors (Lipinski definition) is 9. The van der Waals surface area contributed by atoms with Gasteiger partial charge in [0.05, 0.1) is 24.6 Å². The van der Waals surface area contributed by atoms with Gasteiger partial charge in [0.25, 0.3) is 0 Å². The summed E-state index contributed by atoms with van der Waals surface area (Å²) in [6.07, 6.45) is 8.05. The van der Waals surface area contributed by atoms with Crippen LogP contribution >= 0.6 is 0 Å². The number of nitrogens with zero attached hydrogens (tertiary/aromatic N) is 5. The lowest BCUT2D eigenvalue weighted by Gasteiger charge is -2.44. The smallest absolute Gasteiger partial charge is 0.250 e. The van der Waals surface area contributed by atoms with E-state index in [0.29, 0.717) is 79.0 Å². The maximum absolute atomic E-state index is 13.6. The lowest BCUT2D eigenvalue weighted by Crippen LogP contribution is -2.52. The molecule has 1 amide bonds. The summed E-state index contributed by atoms with van der Waals surface area (Å²) in [5, 5.41) is 15.9. The first kappa shape index (κ1) is 23.0. The van der Waals surface area contributed by atoms with Crippen LogP contribution in [0.5, 0.6) is 5.75 Å². The van der Waals surface area contributed by atoms with Crippen LogP contribution < -0.4 is 4.74 Å². The summed E-state index contributed by atoms with van der Waals surface area (Å²) < 4.78 is 12.3. The van der Waals surface area contributed by atoms with Crippen LogP contribution in [-0.4, -0.2) is 73.6 Å². The molecule has 11 nitrogen and oxygen atoms in total. The number of rotatable bonds is 5. The third kappa shape index (κ3) is 3.93. The second-order valence-corrected chi connectivity index (χ2v) is 10.4. The molecule has 0 unspecified atom stereocenters. The van der Waals surface area contributed by atoms with Gasteiger partial charge in [-0.2, -0.15) is 5.21 Å². The number of hydrogen-bond donors (Lipinski definition) is 1. The summed E-state index contributed by atoms with van der Waals surface area (Å²) in [5.74, 6) is 2.36. The van der Waals surface area contributed by atoms with Crippen LogP contribution in [-0.2, 0) is 14.4 Å². The zero-order valence-electron chi connectivity index (χ0n) is 21.1. The van der Waals surface area contributed by atoms with Crippen LogP contribution in [0.4, 0.5) is 0 Å². The summed E-state index contributed by atoms with van der Waals surface area (Å²) in [7, 11) is 0. The van der Waals surface area contributed by atoms with E-state index in [9.17, 15) is 9.59 Å². The second kappa shape index (κ2) is 8.71. The first-order valence-electron chi connectivity index (χ1n) is 13.2. The van der Waals surface area contributed by atoms with Crippen molar-refractivity contribution in [2.24, 2.45) is 0 Å². The van der Waals surface area contributed by atoms with Crippen LogP contribution in [0, 0.1) is 0 Å². The van der Waals surface area contributed by atoms with Gasteiger partial charge in [0.1, 0.15) is 11.4 Å². The molecule has 1 aromatic heterocycles.